The van der Waals surface area contributed by atoms with E-state index in [4.69, 9.17) is 4.74 Å². The Kier molecular flexibility index (Phi) is 5.17. The third-order valence-corrected chi connectivity index (χ3v) is 6.43. The van der Waals surface area contributed by atoms with Gasteiger partial charge >= 0.3 is 0 Å². The number of thiophene rings is 1. The number of benzene rings is 1. The Labute approximate surface area is 167 Å². The quantitative estimate of drug-likeness (QED) is 0.718. The molecule has 146 valence electrons. The number of hydrogen-bond acceptors (Lipinski definition) is 5. The van der Waals surface area contributed by atoms with Gasteiger partial charge in [-0.05, 0) is 36.8 Å². The maximum atomic E-state index is 13.0. The molecule has 1 aromatic carbocycles. The summed E-state index contributed by atoms with van der Waals surface area (Å²) >= 11 is 1.62. The summed E-state index contributed by atoms with van der Waals surface area (Å²) in [5, 5.41) is 3.56. The molecule has 0 radical (unpaired) electrons. The van der Waals surface area contributed by atoms with Crippen molar-refractivity contribution in [2.45, 2.75) is 39.3 Å². The van der Waals surface area contributed by atoms with Crippen LogP contribution in [0, 0.1) is 5.92 Å². The first-order valence-electron chi connectivity index (χ1n) is 9.45. The second kappa shape index (κ2) is 7.75. The van der Waals surface area contributed by atoms with Crippen LogP contribution in [0.3, 0.4) is 0 Å². The average molecular weight is 398 g/mol. The van der Waals surface area contributed by atoms with Gasteiger partial charge in [0.2, 0.25) is 5.91 Å². The molecule has 3 aromatic rings. The van der Waals surface area contributed by atoms with E-state index in [1.54, 1.807) is 18.4 Å². The average Bonchev–Trinajstić information content (AvgIpc) is 3.07. The van der Waals surface area contributed by atoms with Gasteiger partial charge in [-0.2, -0.15) is 0 Å². The van der Waals surface area contributed by atoms with Crippen LogP contribution in [0.2, 0.25) is 0 Å². The number of rotatable bonds is 5. The maximum Gasteiger partial charge on any atom is 0.262 e. The van der Waals surface area contributed by atoms with Gasteiger partial charge in [0.15, 0.2) is 0 Å². The summed E-state index contributed by atoms with van der Waals surface area (Å²) in [5.74, 6) is 1.14. The molecule has 0 saturated heterocycles. The molecule has 7 heteroatoms. The van der Waals surface area contributed by atoms with Gasteiger partial charge in [-0.1, -0.05) is 25.1 Å². The number of para-hydroxylation sites is 1. The van der Waals surface area contributed by atoms with E-state index < -0.39 is 0 Å². The number of nitrogens with zero attached hydrogens (tertiary/aromatic N) is 2. The van der Waals surface area contributed by atoms with E-state index in [-0.39, 0.29) is 18.0 Å². The van der Waals surface area contributed by atoms with Crippen molar-refractivity contribution in [3.8, 4) is 5.75 Å². The fourth-order valence-corrected chi connectivity index (χ4v) is 5.07. The van der Waals surface area contributed by atoms with Gasteiger partial charge in [0.25, 0.3) is 5.56 Å². The number of ether oxygens (including phenoxy) is 1. The van der Waals surface area contributed by atoms with E-state index in [0.717, 1.165) is 41.0 Å². The molecule has 0 fully saturated rings. The molecular formula is C21H23N3O3S. The number of carbonyl (C=O) groups excluding carboxylic acids is 1. The Hall–Kier alpha value is -2.67. The van der Waals surface area contributed by atoms with Crippen LogP contribution < -0.4 is 15.6 Å². The van der Waals surface area contributed by atoms with E-state index in [1.807, 2.05) is 24.3 Å². The number of aryl methyl sites for hydroxylation is 1. The molecule has 2 heterocycles. The number of methoxy groups -OCH3 is 1. The van der Waals surface area contributed by atoms with Gasteiger partial charge in [0.05, 0.1) is 18.8 Å². The van der Waals surface area contributed by atoms with Crippen molar-refractivity contribution >= 4 is 27.5 Å². The van der Waals surface area contributed by atoms with E-state index in [0.29, 0.717) is 17.8 Å². The lowest BCUT2D eigenvalue weighted by Crippen LogP contribution is -2.32. The van der Waals surface area contributed by atoms with Crippen LogP contribution in [0.15, 0.2) is 35.4 Å². The van der Waals surface area contributed by atoms with Crippen LogP contribution in [0.5, 0.6) is 5.75 Å². The van der Waals surface area contributed by atoms with E-state index >= 15 is 0 Å². The number of amides is 1. The van der Waals surface area contributed by atoms with Crippen LogP contribution in [0.4, 0.5) is 0 Å². The second-order valence-corrected chi connectivity index (χ2v) is 8.38. The smallest absolute Gasteiger partial charge is 0.262 e. The van der Waals surface area contributed by atoms with Gasteiger partial charge in [-0.25, -0.2) is 4.98 Å². The van der Waals surface area contributed by atoms with E-state index in [2.05, 4.69) is 17.2 Å². The van der Waals surface area contributed by atoms with E-state index in [1.165, 1.54) is 15.8 Å². The molecule has 1 aliphatic rings. The maximum absolute atomic E-state index is 13.0. The lowest BCUT2D eigenvalue weighted by molar-refractivity contribution is -0.121. The van der Waals surface area contributed by atoms with Crippen molar-refractivity contribution in [1.29, 1.82) is 0 Å². The summed E-state index contributed by atoms with van der Waals surface area (Å²) in [6.07, 6.45) is 4.50. The highest BCUT2D eigenvalue weighted by Gasteiger charge is 2.23. The molecule has 1 aliphatic carbocycles. The monoisotopic (exact) mass is 397 g/mol. The predicted molar refractivity (Wildman–Crippen MR) is 110 cm³/mol. The minimum Gasteiger partial charge on any atom is -0.496 e. The molecule has 0 saturated carbocycles. The van der Waals surface area contributed by atoms with Crippen molar-refractivity contribution < 1.29 is 9.53 Å². The lowest BCUT2D eigenvalue weighted by Gasteiger charge is -2.17. The molecule has 1 N–H and O–H groups in total. The lowest BCUT2D eigenvalue weighted by atomic mass is 9.89. The van der Waals surface area contributed by atoms with E-state index in [9.17, 15) is 9.59 Å². The van der Waals surface area contributed by atoms with Crippen molar-refractivity contribution in [3.63, 3.8) is 0 Å². The Balaban J connectivity index is 1.52. The van der Waals surface area contributed by atoms with Gasteiger partial charge in [0, 0.05) is 17.0 Å². The summed E-state index contributed by atoms with van der Waals surface area (Å²) in [6.45, 7) is 2.54. The Bertz CT molecular complexity index is 1090. The topological polar surface area (TPSA) is 73.2 Å². The molecule has 28 heavy (non-hydrogen) atoms. The molecule has 1 unspecified atom stereocenters. The third kappa shape index (κ3) is 3.54. The zero-order valence-electron chi connectivity index (χ0n) is 16.0. The highest BCUT2D eigenvalue weighted by Crippen LogP contribution is 2.35. The van der Waals surface area contributed by atoms with Crippen LogP contribution in [-0.4, -0.2) is 22.6 Å². The van der Waals surface area contributed by atoms with Crippen molar-refractivity contribution in [3.05, 3.63) is 57.0 Å². The number of fused-ring (bicyclic) bond motifs is 3. The number of nitrogens with one attached hydrogen (secondary N) is 1. The summed E-state index contributed by atoms with van der Waals surface area (Å²) in [7, 11) is 1.60. The largest absolute Gasteiger partial charge is 0.496 e. The summed E-state index contributed by atoms with van der Waals surface area (Å²) in [5.41, 5.74) is 1.91. The summed E-state index contributed by atoms with van der Waals surface area (Å²) < 4.78 is 6.71. The SMILES string of the molecule is COc1ccccc1CNC(=O)Cn1cnc2sc3c(c2c1=O)CCC(C)C3. The fraction of sp³-hybridized carbons (Fsp3) is 0.381. The zero-order chi connectivity index (χ0) is 19.7. The minimum absolute atomic E-state index is 0.0437. The molecule has 6 nitrogen and oxygen atoms in total. The highest BCUT2D eigenvalue weighted by molar-refractivity contribution is 7.18. The number of hydrogen-bond donors (Lipinski definition) is 1. The molecule has 1 atom stereocenters. The zero-order valence-corrected chi connectivity index (χ0v) is 16.8. The second-order valence-electron chi connectivity index (χ2n) is 7.30. The number of carbonyl (C=O) groups is 1. The first-order valence-corrected chi connectivity index (χ1v) is 10.3. The Morgan fingerprint density at radius 2 is 2.21 bits per heavy atom. The molecule has 4 rings (SSSR count). The molecule has 0 aliphatic heterocycles. The normalized spacial score (nSPS) is 16.0. The number of aromatic nitrogens is 2. The van der Waals surface area contributed by atoms with Crippen molar-refractivity contribution in [2.75, 3.05) is 7.11 Å². The third-order valence-electron chi connectivity index (χ3n) is 5.26. The summed E-state index contributed by atoms with van der Waals surface area (Å²) in [4.78, 5) is 31.9. The van der Waals surface area contributed by atoms with Gasteiger partial charge < -0.3 is 10.1 Å². The standard InChI is InChI=1S/C21H23N3O3S/c1-13-7-8-15-17(9-13)28-20-19(15)21(26)24(12-23-20)11-18(25)22-10-14-5-3-4-6-16(14)27-2/h3-6,12-13H,7-11H2,1-2H3,(H,22,25). The van der Waals surface area contributed by atoms with Gasteiger partial charge in [-0.15, -0.1) is 11.3 Å². The highest BCUT2D eigenvalue weighted by atomic mass is 32.1. The fourth-order valence-electron chi connectivity index (χ4n) is 3.73. The molecule has 2 aromatic heterocycles. The predicted octanol–water partition coefficient (Wildman–Crippen LogP) is 2.91. The Morgan fingerprint density at radius 3 is 3.04 bits per heavy atom. The van der Waals surface area contributed by atoms with Crippen molar-refractivity contribution in [1.82, 2.24) is 14.9 Å². The molecular weight excluding hydrogens is 374 g/mol. The Morgan fingerprint density at radius 1 is 1.39 bits per heavy atom. The molecule has 0 bridgehead atoms. The molecule has 0 spiro atoms. The first-order chi connectivity index (χ1) is 13.6. The van der Waals surface area contributed by atoms with Crippen molar-refractivity contribution in [2.24, 2.45) is 5.92 Å². The molecule has 1 amide bonds. The van der Waals surface area contributed by atoms with Gasteiger partial charge in [-0.3, -0.25) is 14.2 Å². The van der Waals surface area contributed by atoms with Crippen LogP contribution >= 0.6 is 11.3 Å². The minimum atomic E-state index is -0.230. The van der Waals surface area contributed by atoms with Crippen LogP contribution in [0.25, 0.3) is 10.2 Å². The van der Waals surface area contributed by atoms with Crippen LogP contribution in [0.1, 0.15) is 29.3 Å². The van der Waals surface area contributed by atoms with Gasteiger partial charge in [0.1, 0.15) is 17.1 Å². The first kappa shape index (κ1) is 18.7. The summed E-state index contributed by atoms with van der Waals surface area (Å²) in [6, 6.07) is 7.53. The van der Waals surface area contributed by atoms with Crippen LogP contribution in [-0.2, 0) is 30.7 Å².